The van der Waals surface area contributed by atoms with Crippen LogP contribution in [0, 0.1) is 11.8 Å². The summed E-state index contributed by atoms with van der Waals surface area (Å²) in [5, 5.41) is 0. The van der Waals surface area contributed by atoms with E-state index >= 15 is 0 Å². The van der Waals surface area contributed by atoms with Crippen molar-refractivity contribution in [3.8, 4) is 0 Å². The Balaban J connectivity index is 0.00000200. The van der Waals surface area contributed by atoms with Gasteiger partial charge in [-0.15, -0.1) is 12.4 Å². The average Bonchev–Trinajstić information content (AvgIpc) is 2.89. The van der Waals surface area contributed by atoms with Crippen LogP contribution in [0.25, 0.3) is 0 Å². The topological polar surface area (TPSA) is 72.2 Å². The summed E-state index contributed by atoms with van der Waals surface area (Å²) in [7, 11) is -3.16. The summed E-state index contributed by atoms with van der Waals surface area (Å²) in [5.41, 5.74) is 5.79. The van der Waals surface area contributed by atoms with E-state index in [1.807, 2.05) is 0 Å². The molecule has 0 saturated heterocycles. The van der Waals surface area contributed by atoms with Crippen molar-refractivity contribution in [3.63, 3.8) is 0 Å². The first kappa shape index (κ1) is 18.2. The Morgan fingerprint density at radius 3 is 2.10 bits per heavy atom. The SMILES string of the molecule is Cl.NCC(NS(=O)(=O)CC1CCCC1)C1CCCCC1. The van der Waals surface area contributed by atoms with Crippen LogP contribution in [0.1, 0.15) is 57.8 Å². The number of nitrogens with two attached hydrogens (primary N) is 1. The second-order valence-corrected chi connectivity index (χ2v) is 8.09. The van der Waals surface area contributed by atoms with Gasteiger partial charge in [-0.3, -0.25) is 0 Å². The van der Waals surface area contributed by atoms with Gasteiger partial charge < -0.3 is 5.73 Å². The minimum atomic E-state index is -3.16. The quantitative estimate of drug-likeness (QED) is 0.788. The van der Waals surface area contributed by atoms with Crippen molar-refractivity contribution in [2.45, 2.75) is 63.8 Å². The highest BCUT2D eigenvalue weighted by atomic mass is 35.5. The highest BCUT2D eigenvalue weighted by molar-refractivity contribution is 7.89. The van der Waals surface area contributed by atoms with Gasteiger partial charge in [0, 0.05) is 12.6 Å². The molecule has 0 heterocycles. The molecule has 0 bridgehead atoms. The van der Waals surface area contributed by atoms with Crippen molar-refractivity contribution < 1.29 is 8.42 Å². The number of halogens is 1. The van der Waals surface area contributed by atoms with Gasteiger partial charge in [0.15, 0.2) is 0 Å². The number of hydrogen-bond donors (Lipinski definition) is 2. The molecule has 0 aromatic rings. The van der Waals surface area contributed by atoms with E-state index in [1.165, 1.54) is 32.1 Å². The molecular formula is C14H29ClN2O2S. The molecule has 2 aliphatic rings. The standard InChI is InChI=1S/C14H28N2O2S.ClH/c15-10-14(13-8-2-1-3-9-13)16-19(17,18)11-12-6-4-5-7-12;/h12-14,16H,1-11,15H2;1H. The van der Waals surface area contributed by atoms with Gasteiger partial charge in [0.1, 0.15) is 0 Å². The van der Waals surface area contributed by atoms with Crippen LogP contribution in [0.3, 0.4) is 0 Å². The Labute approximate surface area is 129 Å². The number of hydrogen-bond acceptors (Lipinski definition) is 3. The van der Waals surface area contributed by atoms with Gasteiger partial charge in [-0.1, -0.05) is 32.1 Å². The molecule has 1 unspecified atom stereocenters. The van der Waals surface area contributed by atoms with E-state index in [-0.39, 0.29) is 18.4 Å². The molecule has 0 amide bonds. The molecule has 0 aromatic heterocycles. The lowest BCUT2D eigenvalue weighted by Gasteiger charge is -2.30. The Hall–Kier alpha value is 0.160. The molecule has 120 valence electrons. The Morgan fingerprint density at radius 1 is 1.00 bits per heavy atom. The Morgan fingerprint density at radius 2 is 1.55 bits per heavy atom. The van der Waals surface area contributed by atoms with Crippen LogP contribution in [-0.2, 0) is 10.0 Å². The van der Waals surface area contributed by atoms with E-state index in [1.54, 1.807) is 0 Å². The fourth-order valence-electron chi connectivity index (χ4n) is 3.64. The molecule has 2 fully saturated rings. The van der Waals surface area contributed by atoms with Crippen molar-refractivity contribution in [1.82, 2.24) is 4.72 Å². The molecule has 3 N–H and O–H groups in total. The molecule has 6 heteroatoms. The minimum absolute atomic E-state index is 0. The number of sulfonamides is 1. The maximum Gasteiger partial charge on any atom is 0.212 e. The summed E-state index contributed by atoms with van der Waals surface area (Å²) >= 11 is 0. The summed E-state index contributed by atoms with van der Waals surface area (Å²) in [5.74, 6) is 1.11. The normalized spacial score (nSPS) is 23.4. The first-order valence-electron chi connectivity index (χ1n) is 7.81. The molecule has 0 radical (unpaired) electrons. The summed E-state index contributed by atoms with van der Waals surface area (Å²) in [6.45, 7) is 0.425. The van der Waals surface area contributed by atoms with Crippen molar-refractivity contribution >= 4 is 22.4 Å². The van der Waals surface area contributed by atoms with Crippen molar-refractivity contribution in [3.05, 3.63) is 0 Å². The second-order valence-electron chi connectivity index (χ2n) is 6.29. The molecule has 1 atom stereocenters. The van der Waals surface area contributed by atoms with Gasteiger partial charge >= 0.3 is 0 Å². The van der Waals surface area contributed by atoms with Crippen LogP contribution in [0.2, 0.25) is 0 Å². The van der Waals surface area contributed by atoms with E-state index in [4.69, 9.17) is 5.73 Å². The van der Waals surface area contributed by atoms with Gasteiger partial charge in [0.25, 0.3) is 0 Å². The molecule has 0 aromatic carbocycles. The lowest BCUT2D eigenvalue weighted by molar-refractivity contribution is 0.293. The third-order valence-electron chi connectivity index (χ3n) is 4.73. The second kappa shape index (κ2) is 8.57. The van der Waals surface area contributed by atoms with Crippen molar-refractivity contribution in [1.29, 1.82) is 0 Å². The Kier molecular flexibility index (Phi) is 7.80. The largest absolute Gasteiger partial charge is 0.329 e. The molecule has 0 spiro atoms. The number of rotatable bonds is 6. The van der Waals surface area contributed by atoms with Gasteiger partial charge in [-0.25, -0.2) is 13.1 Å². The fourth-order valence-corrected chi connectivity index (χ4v) is 5.44. The van der Waals surface area contributed by atoms with Crippen LogP contribution in [-0.4, -0.2) is 26.8 Å². The van der Waals surface area contributed by atoms with Crippen LogP contribution in [0.4, 0.5) is 0 Å². The predicted octanol–water partition coefficient (Wildman–Crippen LogP) is 2.43. The van der Waals surface area contributed by atoms with E-state index in [0.29, 0.717) is 24.1 Å². The van der Waals surface area contributed by atoms with Crippen LogP contribution in [0.5, 0.6) is 0 Å². The highest BCUT2D eigenvalue weighted by Crippen LogP contribution is 2.28. The zero-order valence-electron chi connectivity index (χ0n) is 12.2. The van der Waals surface area contributed by atoms with E-state index < -0.39 is 10.0 Å². The molecule has 4 nitrogen and oxygen atoms in total. The lowest BCUT2D eigenvalue weighted by atomic mass is 9.84. The summed E-state index contributed by atoms with van der Waals surface area (Å²) < 4.78 is 27.4. The number of nitrogens with one attached hydrogen (secondary N) is 1. The smallest absolute Gasteiger partial charge is 0.212 e. The zero-order valence-corrected chi connectivity index (χ0v) is 13.9. The molecule has 0 aliphatic heterocycles. The van der Waals surface area contributed by atoms with E-state index in [9.17, 15) is 8.42 Å². The van der Waals surface area contributed by atoms with Crippen LogP contribution in [0.15, 0.2) is 0 Å². The predicted molar refractivity (Wildman–Crippen MR) is 85.5 cm³/mol. The van der Waals surface area contributed by atoms with Crippen molar-refractivity contribution in [2.75, 3.05) is 12.3 Å². The zero-order chi connectivity index (χ0) is 13.7. The summed E-state index contributed by atoms with van der Waals surface area (Å²) in [4.78, 5) is 0. The van der Waals surface area contributed by atoms with Gasteiger partial charge in [0.05, 0.1) is 5.75 Å². The summed E-state index contributed by atoms with van der Waals surface area (Å²) in [6.07, 6.45) is 10.4. The average molecular weight is 325 g/mol. The first-order valence-corrected chi connectivity index (χ1v) is 9.46. The monoisotopic (exact) mass is 324 g/mol. The maximum atomic E-state index is 12.2. The van der Waals surface area contributed by atoms with E-state index in [0.717, 1.165) is 25.7 Å². The third-order valence-corrected chi connectivity index (χ3v) is 6.31. The summed E-state index contributed by atoms with van der Waals surface area (Å²) in [6, 6.07) is -0.0493. The first-order chi connectivity index (χ1) is 9.11. The molecule has 2 rings (SSSR count). The highest BCUT2D eigenvalue weighted by Gasteiger charge is 2.28. The minimum Gasteiger partial charge on any atom is -0.329 e. The third kappa shape index (κ3) is 5.51. The molecule has 20 heavy (non-hydrogen) atoms. The van der Waals surface area contributed by atoms with Crippen LogP contribution < -0.4 is 10.5 Å². The maximum absolute atomic E-state index is 12.2. The molecule has 2 saturated carbocycles. The van der Waals surface area contributed by atoms with Crippen molar-refractivity contribution in [2.24, 2.45) is 17.6 Å². The van der Waals surface area contributed by atoms with Gasteiger partial charge in [-0.2, -0.15) is 0 Å². The van der Waals surface area contributed by atoms with E-state index in [2.05, 4.69) is 4.72 Å². The van der Waals surface area contributed by atoms with Gasteiger partial charge in [-0.05, 0) is 37.5 Å². The lowest BCUT2D eigenvalue weighted by Crippen LogP contribution is -2.47. The molecular weight excluding hydrogens is 296 g/mol. The fraction of sp³-hybridized carbons (Fsp3) is 1.00. The Bertz CT molecular complexity index is 363. The van der Waals surface area contributed by atoms with Crippen LogP contribution >= 0.6 is 12.4 Å². The molecule has 2 aliphatic carbocycles. The van der Waals surface area contributed by atoms with Gasteiger partial charge in [0.2, 0.25) is 10.0 Å².